The molecule has 1 atom stereocenters. The van der Waals surface area contributed by atoms with E-state index in [1.54, 1.807) is 24.3 Å². The predicted octanol–water partition coefficient (Wildman–Crippen LogP) is 5.65. The van der Waals surface area contributed by atoms with Crippen LogP contribution in [0.25, 0.3) is 16.9 Å². The van der Waals surface area contributed by atoms with Crippen LogP contribution in [0.5, 0.6) is 5.75 Å². The number of benzene rings is 1. The number of nitrogens with zero attached hydrogens (tertiary/aromatic N) is 3. The van der Waals surface area contributed by atoms with Crippen LogP contribution in [0, 0.1) is 5.92 Å². The number of alkyl halides is 3. The fourth-order valence-corrected chi connectivity index (χ4v) is 5.96. The van der Waals surface area contributed by atoms with E-state index in [9.17, 15) is 22.8 Å². The molecule has 1 N–H and O–H groups in total. The minimum Gasteiger partial charge on any atom is -0.497 e. The van der Waals surface area contributed by atoms with E-state index in [2.05, 4.69) is 22.3 Å². The summed E-state index contributed by atoms with van der Waals surface area (Å²) in [7, 11) is 2.74. The van der Waals surface area contributed by atoms with Crippen molar-refractivity contribution in [1.29, 1.82) is 0 Å². The Bertz CT molecular complexity index is 1540. The Morgan fingerprint density at radius 1 is 1.18 bits per heavy atom. The molecule has 1 aromatic carbocycles. The number of anilines is 1. The van der Waals surface area contributed by atoms with Gasteiger partial charge in [-0.1, -0.05) is 6.92 Å². The molecule has 3 aromatic heterocycles. The Balaban J connectivity index is 1.59. The summed E-state index contributed by atoms with van der Waals surface area (Å²) in [5, 5.41) is 6.83. The second-order valence-electron chi connectivity index (χ2n) is 9.05. The Morgan fingerprint density at radius 2 is 1.92 bits per heavy atom. The van der Waals surface area contributed by atoms with Crippen LogP contribution in [-0.4, -0.2) is 40.7 Å². The summed E-state index contributed by atoms with van der Waals surface area (Å²) >= 11 is 1.28. The highest BCUT2D eigenvalue weighted by molar-refractivity contribution is 7.17. The molecular weight excluding hydrogens is 521 g/mol. The predicted molar refractivity (Wildman–Crippen MR) is 135 cm³/mol. The number of ether oxygens (including phenoxy) is 2. The number of carbonyl (C=O) groups excluding carboxylic acids is 2. The third-order valence-electron chi connectivity index (χ3n) is 6.52. The molecule has 1 aliphatic carbocycles. The van der Waals surface area contributed by atoms with Crippen molar-refractivity contribution < 1.29 is 32.2 Å². The quantitative estimate of drug-likeness (QED) is 0.327. The van der Waals surface area contributed by atoms with E-state index in [1.165, 1.54) is 25.6 Å². The maximum Gasteiger partial charge on any atom is 0.433 e. The summed E-state index contributed by atoms with van der Waals surface area (Å²) in [6, 6.07) is 7.24. The molecule has 3 heterocycles. The first kappa shape index (κ1) is 25.7. The standard InChI is InChI=1S/C26H23F3N4O4S/c1-13-4-9-16-19(10-13)38-24(21(16)25(35)37-3)32-23(34)17-12-30-33-20(26(27,28)29)11-18(31-22(17)33)14-5-7-15(36-2)8-6-14/h5-8,11-13H,4,9-10H2,1-3H3,(H,32,34)/t13-/m1/s1. The van der Waals surface area contributed by atoms with Crippen molar-refractivity contribution in [2.75, 3.05) is 19.5 Å². The molecule has 0 unspecified atom stereocenters. The van der Waals surface area contributed by atoms with Crippen molar-refractivity contribution in [3.8, 4) is 17.0 Å². The van der Waals surface area contributed by atoms with Crippen molar-refractivity contribution in [3.05, 3.63) is 63.8 Å². The maximum atomic E-state index is 14.0. The Hall–Kier alpha value is -3.93. The van der Waals surface area contributed by atoms with E-state index >= 15 is 0 Å². The molecule has 1 aliphatic rings. The summed E-state index contributed by atoms with van der Waals surface area (Å²) in [6.45, 7) is 2.11. The fourth-order valence-electron chi connectivity index (χ4n) is 4.56. The van der Waals surface area contributed by atoms with E-state index < -0.39 is 23.7 Å². The number of carbonyl (C=O) groups is 2. The summed E-state index contributed by atoms with van der Waals surface area (Å²) < 4.78 is 52.6. The number of nitrogens with one attached hydrogen (secondary N) is 1. The topological polar surface area (TPSA) is 94.8 Å². The van der Waals surface area contributed by atoms with Gasteiger partial charge < -0.3 is 14.8 Å². The fraction of sp³-hybridized carbons (Fsp3) is 0.308. The Morgan fingerprint density at radius 3 is 2.58 bits per heavy atom. The van der Waals surface area contributed by atoms with Crippen LogP contribution in [0.1, 0.15) is 50.2 Å². The number of rotatable bonds is 5. The lowest BCUT2D eigenvalue weighted by Gasteiger charge is -2.18. The molecule has 12 heteroatoms. The molecule has 0 saturated carbocycles. The first-order valence-electron chi connectivity index (χ1n) is 11.7. The van der Waals surface area contributed by atoms with Gasteiger partial charge in [-0.05, 0) is 61.1 Å². The van der Waals surface area contributed by atoms with Crippen molar-refractivity contribution >= 4 is 33.9 Å². The molecule has 0 saturated heterocycles. The smallest absolute Gasteiger partial charge is 0.433 e. The lowest BCUT2D eigenvalue weighted by atomic mass is 9.88. The summed E-state index contributed by atoms with van der Waals surface area (Å²) in [5.41, 5.74) is 0.0287. The molecule has 4 aromatic rings. The average molecular weight is 545 g/mol. The first-order chi connectivity index (χ1) is 18.1. The number of aromatic nitrogens is 3. The van der Waals surface area contributed by atoms with E-state index in [-0.39, 0.29) is 22.5 Å². The lowest BCUT2D eigenvalue weighted by Crippen LogP contribution is -2.17. The van der Waals surface area contributed by atoms with Gasteiger partial charge >= 0.3 is 12.1 Å². The molecule has 1 amide bonds. The van der Waals surface area contributed by atoms with Crippen LogP contribution in [0.3, 0.4) is 0 Å². The number of hydrogen-bond acceptors (Lipinski definition) is 7. The Kier molecular flexibility index (Phi) is 6.59. The minimum absolute atomic E-state index is 0.0119. The molecule has 5 rings (SSSR count). The van der Waals surface area contributed by atoms with Gasteiger partial charge in [-0.3, -0.25) is 4.79 Å². The number of halogens is 3. The number of esters is 1. The zero-order chi connectivity index (χ0) is 27.2. The second-order valence-corrected chi connectivity index (χ2v) is 10.2. The molecule has 0 bridgehead atoms. The Labute approximate surface area is 219 Å². The van der Waals surface area contributed by atoms with Gasteiger partial charge in [-0.2, -0.15) is 18.3 Å². The van der Waals surface area contributed by atoms with E-state index in [0.717, 1.165) is 35.5 Å². The van der Waals surface area contributed by atoms with Crippen LogP contribution >= 0.6 is 11.3 Å². The minimum atomic E-state index is -4.76. The summed E-state index contributed by atoms with van der Waals surface area (Å²) in [6.07, 6.45) is -1.39. The van der Waals surface area contributed by atoms with Gasteiger partial charge in [-0.15, -0.1) is 11.3 Å². The molecule has 38 heavy (non-hydrogen) atoms. The van der Waals surface area contributed by atoms with Gasteiger partial charge in [0.1, 0.15) is 16.3 Å². The van der Waals surface area contributed by atoms with Crippen molar-refractivity contribution in [1.82, 2.24) is 14.6 Å². The van der Waals surface area contributed by atoms with Crippen LogP contribution in [0.4, 0.5) is 18.2 Å². The average Bonchev–Trinajstić information content (AvgIpc) is 3.47. The third kappa shape index (κ3) is 4.60. The van der Waals surface area contributed by atoms with E-state index in [1.807, 2.05) is 0 Å². The number of thiophene rings is 1. The molecule has 8 nitrogen and oxygen atoms in total. The number of amides is 1. The summed E-state index contributed by atoms with van der Waals surface area (Å²) in [4.78, 5) is 31.3. The molecule has 0 spiro atoms. The van der Waals surface area contributed by atoms with Gasteiger partial charge in [0.25, 0.3) is 5.91 Å². The van der Waals surface area contributed by atoms with E-state index in [0.29, 0.717) is 33.2 Å². The maximum absolute atomic E-state index is 14.0. The highest BCUT2D eigenvalue weighted by atomic mass is 32.1. The highest BCUT2D eigenvalue weighted by Gasteiger charge is 2.36. The third-order valence-corrected chi connectivity index (χ3v) is 7.69. The van der Waals surface area contributed by atoms with Gasteiger partial charge in [0.2, 0.25) is 0 Å². The molecule has 198 valence electrons. The monoisotopic (exact) mass is 544 g/mol. The SMILES string of the molecule is COC(=O)c1c(NC(=O)c2cnn3c(C(F)(F)F)cc(-c4ccc(OC)cc4)nc23)sc2c1CC[C@@H](C)C2. The summed E-state index contributed by atoms with van der Waals surface area (Å²) in [5.74, 6) is -0.350. The molecule has 0 aliphatic heterocycles. The second kappa shape index (κ2) is 9.75. The van der Waals surface area contributed by atoms with Crippen molar-refractivity contribution in [2.24, 2.45) is 5.92 Å². The highest BCUT2D eigenvalue weighted by Crippen LogP contribution is 2.40. The van der Waals surface area contributed by atoms with Crippen LogP contribution in [0.2, 0.25) is 0 Å². The molecule has 0 radical (unpaired) electrons. The van der Waals surface area contributed by atoms with Gasteiger partial charge in [-0.25, -0.2) is 14.3 Å². The van der Waals surface area contributed by atoms with Gasteiger partial charge in [0, 0.05) is 10.4 Å². The lowest BCUT2D eigenvalue weighted by molar-refractivity contribution is -0.142. The van der Waals surface area contributed by atoms with Gasteiger partial charge in [0.15, 0.2) is 11.3 Å². The normalized spacial score (nSPS) is 15.3. The number of fused-ring (bicyclic) bond motifs is 2. The largest absolute Gasteiger partial charge is 0.497 e. The van der Waals surface area contributed by atoms with Crippen LogP contribution < -0.4 is 10.1 Å². The van der Waals surface area contributed by atoms with Crippen molar-refractivity contribution in [2.45, 2.75) is 32.4 Å². The van der Waals surface area contributed by atoms with Crippen molar-refractivity contribution in [3.63, 3.8) is 0 Å². The number of hydrogen-bond donors (Lipinski definition) is 1. The van der Waals surface area contributed by atoms with Crippen LogP contribution in [-0.2, 0) is 23.8 Å². The van der Waals surface area contributed by atoms with Gasteiger partial charge in [0.05, 0.1) is 31.7 Å². The first-order valence-corrected chi connectivity index (χ1v) is 12.6. The van der Waals surface area contributed by atoms with Crippen LogP contribution in [0.15, 0.2) is 36.5 Å². The zero-order valence-electron chi connectivity index (χ0n) is 20.7. The molecule has 0 fully saturated rings. The number of methoxy groups -OCH3 is 2. The molecular formula is C26H23F3N4O4S. The zero-order valence-corrected chi connectivity index (χ0v) is 21.5. The van der Waals surface area contributed by atoms with E-state index in [4.69, 9.17) is 9.47 Å².